The molecular weight excluding hydrogens is 138 g/mol. The largest absolute Gasteiger partial charge is 0.320 e. The Morgan fingerprint density at radius 3 is 2.38 bits per heavy atom. The predicted molar refractivity (Wildman–Crippen MR) is 44.7 cm³/mol. The summed E-state index contributed by atoms with van der Waals surface area (Å²) < 4.78 is 0. The van der Waals surface area contributed by atoms with Gasteiger partial charge in [-0.25, -0.2) is 0 Å². The van der Waals surface area contributed by atoms with Crippen LogP contribution in [0.25, 0.3) is 0 Å². The van der Waals surface area contributed by atoms with E-state index in [9.17, 15) is 0 Å². The van der Waals surface area contributed by atoms with Crippen molar-refractivity contribution in [2.24, 2.45) is 5.73 Å². The Kier molecular flexibility index (Phi) is 6.27. The molecule has 0 aliphatic carbocycles. The molecule has 50 valence electrons. The number of thiol groups is 2. The number of rotatable bonds is 4. The standard InChI is InChI=1S/C5H13NS2/c6-5(8)3-1-2-4-7/h5,7-8H,1-4,6H2. The summed E-state index contributed by atoms with van der Waals surface area (Å²) >= 11 is 8.08. The Morgan fingerprint density at radius 2 is 2.00 bits per heavy atom. The summed E-state index contributed by atoms with van der Waals surface area (Å²) in [7, 11) is 0. The summed E-state index contributed by atoms with van der Waals surface area (Å²) in [6, 6.07) is 0. The van der Waals surface area contributed by atoms with Crippen LogP contribution in [0.3, 0.4) is 0 Å². The van der Waals surface area contributed by atoms with Crippen molar-refractivity contribution in [1.29, 1.82) is 0 Å². The molecule has 0 fully saturated rings. The van der Waals surface area contributed by atoms with E-state index in [0.717, 1.165) is 25.0 Å². The van der Waals surface area contributed by atoms with Crippen LogP contribution in [0, 0.1) is 0 Å². The summed E-state index contributed by atoms with van der Waals surface area (Å²) in [6.07, 6.45) is 3.30. The van der Waals surface area contributed by atoms with Gasteiger partial charge in [-0.15, -0.1) is 0 Å². The predicted octanol–water partition coefficient (Wildman–Crippen LogP) is 1.30. The molecule has 2 N–H and O–H groups in total. The second-order valence-corrected chi connectivity index (χ2v) is 2.90. The van der Waals surface area contributed by atoms with E-state index in [1.54, 1.807) is 0 Å². The third-order valence-electron chi connectivity index (χ3n) is 0.908. The molecule has 0 amide bonds. The van der Waals surface area contributed by atoms with Gasteiger partial charge in [0.25, 0.3) is 0 Å². The van der Waals surface area contributed by atoms with Crippen molar-refractivity contribution < 1.29 is 0 Å². The summed E-state index contributed by atoms with van der Waals surface area (Å²) in [4.78, 5) is 0. The van der Waals surface area contributed by atoms with Gasteiger partial charge in [0, 0.05) is 5.37 Å². The molecule has 8 heavy (non-hydrogen) atoms. The highest BCUT2D eigenvalue weighted by Gasteiger charge is 1.91. The molecule has 0 heterocycles. The van der Waals surface area contributed by atoms with Crippen LogP contribution in [0.4, 0.5) is 0 Å². The van der Waals surface area contributed by atoms with Crippen molar-refractivity contribution in [3.05, 3.63) is 0 Å². The van der Waals surface area contributed by atoms with Crippen LogP contribution in [-0.2, 0) is 0 Å². The van der Waals surface area contributed by atoms with E-state index < -0.39 is 0 Å². The van der Waals surface area contributed by atoms with Crippen LogP contribution in [-0.4, -0.2) is 11.1 Å². The molecule has 0 saturated carbocycles. The first-order chi connectivity index (χ1) is 3.77. The Balaban J connectivity index is 2.72. The Morgan fingerprint density at radius 1 is 1.38 bits per heavy atom. The van der Waals surface area contributed by atoms with E-state index in [1.165, 1.54) is 0 Å². The normalized spacial score (nSPS) is 13.9. The minimum Gasteiger partial charge on any atom is -0.320 e. The van der Waals surface area contributed by atoms with E-state index in [0.29, 0.717) is 0 Å². The van der Waals surface area contributed by atoms with Gasteiger partial charge < -0.3 is 5.73 Å². The summed E-state index contributed by atoms with van der Waals surface area (Å²) in [5, 5.41) is 0.0647. The Labute approximate surface area is 61.8 Å². The molecule has 0 radical (unpaired) electrons. The lowest BCUT2D eigenvalue weighted by molar-refractivity contribution is 0.707. The second kappa shape index (κ2) is 5.79. The van der Waals surface area contributed by atoms with Crippen molar-refractivity contribution in [3.8, 4) is 0 Å². The van der Waals surface area contributed by atoms with E-state index in [-0.39, 0.29) is 5.37 Å². The molecule has 0 aromatic rings. The first kappa shape index (κ1) is 8.66. The molecule has 0 aliphatic rings. The van der Waals surface area contributed by atoms with E-state index in [2.05, 4.69) is 25.3 Å². The van der Waals surface area contributed by atoms with Gasteiger partial charge in [-0.3, -0.25) is 0 Å². The minimum atomic E-state index is 0.0647. The number of unbranched alkanes of at least 4 members (excludes halogenated alkanes) is 1. The minimum absolute atomic E-state index is 0.0647. The highest BCUT2D eigenvalue weighted by molar-refractivity contribution is 7.80. The summed E-state index contributed by atoms with van der Waals surface area (Å²) in [5.74, 6) is 0.959. The first-order valence-electron chi connectivity index (χ1n) is 2.82. The average Bonchev–Trinajstić information content (AvgIpc) is 1.66. The van der Waals surface area contributed by atoms with Crippen LogP contribution in [0.5, 0.6) is 0 Å². The third-order valence-corrected chi connectivity index (χ3v) is 1.48. The fraction of sp³-hybridized carbons (Fsp3) is 1.00. The molecule has 1 atom stereocenters. The van der Waals surface area contributed by atoms with Gasteiger partial charge in [0.15, 0.2) is 0 Å². The molecule has 0 bridgehead atoms. The number of hydrogen-bond acceptors (Lipinski definition) is 3. The molecule has 0 saturated heterocycles. The number of nitrogens with two attached hydrogens (primary N) is 1. The molecule has 0 spiro atoms. The van der Waals surface area contributed by atoms with Crippen molar-refractivity contribution >= 4 is 25.3 Å². The van der Waals surface area contributed by atoms with Gasteiger partial charge in [0.2, 0.25) is 0 Å². The smallest absolute Gasteiger partial charge is 0.0477 e. The maximum atomic E-state index is 5.37. The SMILES string of the molecule is NC(S)CCCCS. The molecule has 0 aromatic heterocycles. The van der Waals surface area contributed by atoms with Crippen molar-refractivity contribution in [2.45, 2.75) is 24.6 Å². The Bertz CT molecular complexity index is 47.7. The lowest BCUT2D eigenvalue weighted by Crippen LogP contribution is -2.10. The highest BCUT2D eigenvalue weighted by Crippen LogP contribution is 2.01. The van der Waals surface area contributed by atoms with Crippen LogP contribution in [0.1, 0.15) is 19.3 Å². The molecule has 0 aromatic carbocycles. The molecule has 1 unspecified atom stereocenters. The molecule has 1 nitrogen and oxygen atoms in total. The fourth-order valence-corrected chi connectivity index (χ4v) is 0.871. The maximum absolute atomic E-state index is 5.37. The quantitative estimate of drug-likeness (QED) is 0.315. The van der Waals surface area contributed by atoms with E-state index >= 15 is 0 Å². The van der Waals surface area contributed by atoms with Gasteiger partial charge in [-0.1, -0.05) is 6.42 Å². The average molecular weight is 151 g/mol. The summed E-state index contributed by atoms with van der Waals surface area (Å²) in [5.41, 5.74) is 5.37. The van der Waals surface area contributed by atoms with Crippen LogP contribution in [0.15, 0.2) is 0 Å². The maximum Gasteiger partial charge on any atom is 0.0477 e. The van der Waals surface area contributed by atoms with Gasteiger partial charge in [0.1, 0.15) is 0 Å². The monoisotopic (exact) mass is 151 g/mol. The molecule has 0 rings (SSSR count). The summed E-state index contributed by atoms with van der Waals surface area (Å²) in [6.45, 7) is 0. The zero-order valence-electron chi connectivity index (χ0n) is 4.88. The molecule has 0 aliphatic heterocycles. The second-order valence-electron chi connectivity index (χ2n) is 1.79. The zero-order chi connectivity index (χ0) is 6.41. The fourth-order valence-electron chi connectivity index (χ4n) is 0.465. The third kappa shape index (κ3) is 6.66. The molecule has 3 heteroatoms. The topological polar surface area (TPSA) is 26.0 Å². The van der Waals surface area contributed by atoms with Gasteiger partial charge in [-0.05, 0) is 18.6 Å². The highest BCUT2D eigenvalue weighted by atomic mass is 32.1. The zero-order valence-corrected chi connectivity index (χ0v) is 6.67. The van der Waals surface area contributed by atoms with Crippen molar-refractivity contribution in [1.82, 2.24) is 0 Å². The van der Waals surface area contributed by atoms with Crippen LogP contribution >= 0.6 is 25.3 Å². The van der Waals surface area contributed by atoms with Gasteiger partial charge in [-0.2, -0.15) is 25.3 Å². The number of hydrogen-bond donors (Lipinski definition) is 3. The Hall–Kier alpha value is 0.660. The van der Waals surface area contributed by atoms with Gasteiger partial charge >= 0.3 is 0 Å². The van der Waals surface area contributed by atoms with E-state index in [1.807, 2.05) is 0 Å². The van der Waals surface area contributed by atoms with Crippen LogP contribution < -0.4 is 5.73 Å². The van der Waals surface area contributed by atoms with Crippen LogP contribution in [0.2, 0.25) is 0 Å². The lowest BCUT2D eigenvalue weighted by Gasteiger charge is -2.00. The first-order valence-corrected chi connectivity index (χ1v) is 3.96. The van der Waals surface area contributed by atoms with Gasteiger partial charge in [0.05, 0.1) is 0 Å². The lowest BCUT2D eigenvalue weighted by atomic mass is 10.2. The van der Waals surface area contributed by atoms with Crippen molar-refractivity contribution in [2.75, 3.05) is 5.75 Å². The molecular formula is C5H13NS2. The van der Waals surface area contributed by atoms with Crippen molar-refractivity contribution in [3.63, 3.8) is 0 Å². The van der Waals surface area contributed by atoms with E-state index in [4.69, 9.17) is 5.73 Å².